The standard InChI is InChI=1S/C34H34N4O4.ClH.Ga/c1-7-21-17(3)25-13-26-19(5)23(9-11-33(39)40)31(37-26)16-32-24(10-12-34(41)42)20(6)28(38-32)15-30-22(8-2)18(4)27(36-30)14-29(21)35-25;;/h7-8,13-16,35-36H,1-2,9-12H2,3-6H3,(H,39,40)(H,41,42);1H;. The van der Waals surface area contributed by atoms with Crippen LogP contribution in [0, 0.1) is 13.8 Å². The number of carboxylic acids is 2. The zero-order valence-corrected chi connectivity index (χ0v) is 28.5. The number of aliphatic carboxylic acids is 2. The molecule has 2 aliphatic heterocycles. The number of hydrogen-bond donors (Lipinski definition) is 4. The molecule has 0 amide bonds. The molecule has 0 saturated carbocycles. The number of allylic oxidation sites excluding steroid dienone is 4. The van der Waals surface area contributed by atoms with Gasteiger partial charge in [0.1, 0.15) is 0 Å². The van der Waals surface area contributed by atoms with Crippen molar-refractivity contribution in [1.82, 2.24) is 19.9 Å². The van der Waals surface area contributed by atoms with Gasteiger partial charge in [0.2, 0.25) is 0 Å². The van der Waals surface area contributed by atoms with E-state index in [4.69, 9.17) is 9.97 Å². The molecule has 0 aromatic carbocycles. The minimum absolute atomic E-state index is 0. The fourth-order valence-electron chi connectivity index (χ4n) is 5.77. The van der Waals surface area contributed by atoms with Crippen molar-refractivity contribution in [3.63, 3.8) is 0 Å². The van der Waals surface area contributed by atoms with Crippen molar-refractivity contribution in [2.45, 2.75) is 53.4 Å². The van der Waals surface area contributed by atoms with Crippen molar-refractivity contribution in [3.8, 4) is 0 Å². The Morgan fingerprint density at radius 2 is 1.07 bits per heavy atom. The summed E-state index contributed by atoms with van der Waals surface area (Å²) in [5.74, 6) is -1.78. The van der Waals surface area contributed by atoms with Crippen molar-refractivity contribution in [2.24, 2.45) is 0 Å². The Morgan fingerprint density at radius 1 is 0.682 bits per heavy atom. The fraction of sp³-hybridized carbons (Fsp3) is 0.235. The molecule has 3 aromatic heterocycles. The monoisotopic (exact) mass is 667 g/mol. The summed E-state index contributed by atoms with van der Waals surface area (Å²) >= 11 is 0. The number of halogens is 1. The second kappa shape index (κ2) is 13.7. The summed E-state index contributed by atoms with van der Waals surface area (Å²) in [4.78, 5) is 40.0. The number of aromatic nitrogens is 4. The molecule has 5 rings (SSSR count). The molecule has 5 heterocycles. The Labute approximate surface area is 275 Å². The number of fused-ring (bicyclic) bond motifs is 8. The topological polar surface area (TPSA) is 132 Å². The third kappa shape index (κ3) is 6.40. The first-order valence-electron chi connectivity index (χ1n) is 13.9. The van der Waals surface area contributed by atoms with E-state index in [1.165, 1.54) is 0 Å². The van der Waals surface area contributed by atoms with Gasteiger partial charge in [-0.2, -0.15) is 0 Å². The zero-order chi connectivity index (χ0) is 30.3. The van der Waals surface area contributed by atoms with Gasteiger partial charge in [-0.15, -0.1) is 12.4 Å². The summed E-state index contributed by atoms with van der Waals surface area (Å²) in [7, 11) is 0. The molecule has 0 saturated heterocycles. The molecule has 225 valence electrons. The van der Waals surface area contributed by atoms with Crippen LogP contribution in [-0.2, 0) is 9.59 Å². The number of hydrogen-bond acceptors (Lipinski definition) is 4. The smallest absolute Gasteiger partial charge is 0.303 e. The first-order chi connectivity index (χ1) is 20.0. The molecule has 4 N–H and O–H groups in total. The molecule has 0 atom stereocenters. The van der Waals surface area contributed by atoms with Crippen LogP contribution in [0.25, 0.3) is 56.5 Å². The number of aromatic amines is 2. The summed E-state index contributed by atoms with van der Waals surface area (Å²) in [5, 5.41) is 18.9. The van der Waals surface area contributed by atoms with E-state index in [2.05, 4.69) is 29.2 Å². The van der Waals surface area contributed by atoms with Crippen LogP contribution in [0.5, 0.6) is 0 Å². The molecule has 8 bridgehead atoms. The maximum atomic E-state index is 11.5. The van der Waals surface area contributed by atoms with Gasteiger partial charge < -0.3 is 20.2 Å². The van der Waals surface area contributed by atoms with Crippen LogP contribution in [0.3, 0.4) is 0 Å². The predicted octanol–water partition coefficient (Wildman–Crippen LogP) is 7.85. The van der Waals surface area contributed by atoms with Crippen LogP contribution in [0.15, 0.2) is 37.4 Å². The predicted molar refractivity (Wildman–Crippen MR) is 182 cm³/mol. The second-order valence-corrected chi connectivity index (χ2v) is 10.7. The first kappa shape index (κ1) is 34.4. The van der Waals surface area contributed by atoms with E-state index in [1.54, 1.807) is 0 Å². The Hall–Kier alpha value is -4.05. The van der Waals surface area contributed by atoms with Gasteiger partial charge in [-0.3, -0.25) is 9.59 Å². The molecule has 0 unspecified atom stereocenters. The zero-order valence-electron chi connectivity index (χ0n) is 25.3. The molecule has 8 nitrogen and oxygen atoms in total. The van der Waals surface area contributed by atoms with Crippen LogP contribution in [0.4, 0.5) is 0 Å². The van der Waals surface area contributed by atoms with Gasteiger partial charge in [-0.1, -0.05) is 25.3 Å². The fourth-order valence-corrected chi connectivity index (χ4v) is 5.77. The molecule has 3 aromatic rings. The minimum atomic E-state index is -0.889. The van der Waals surface area contributed by atoms with E-state index in [0.29, 0.717) is 24.2 Å². The number of rotatable bonds is 8. The Bertz CT molecular complexity index is 1930. The number of aryl methyl sites for hydroxylation is 2. The largest absolute Gasteiger partial charge is 0.481 e. The van der Waals surface area contributed by atoms with Gasteiger partial charge in [0, 0.05) is 65.8 Å². The average molecular weight is 669 g/mol. The van der Waals surface area contributed by atoms with Crippen molar-refractivity contribution < 1.29 is 19.8 Å². The SMILES string of the molecule is C=Cc1c(C)c2cc3[nH]c(cc4nc(cc5nc(cc1[nH]2)C(C)=C5CCC(=O)O)C(CCC(=O)O)=C4C)c(C)c3C=C.Cl.[Ga]. The summed E-state index contributed by atoms with van der Waals surface area (Å²) < 4.78 is 0. The van der Waals surface area contributed by atoms with E-state index in [9.17, 15) is 19.8 Å². The van der Waals surface area contributed by atoms with Crippen LogP contribution >= 0.6 is 12.4 Å². The van der Waals surface area contributed by atoms with Crippen LogP contribution in [0.1, 0.15) is 84.6 Å². The van der Waals surface area contributed by atoms with Gasteiger partial charge in [-0.05, 0) is 98.2 Å². The van der Waals surface area contributed by atoms with Crippen molar-refractivity contribution >= 4 is 101 Å². The van der Waals surface area contributed by atoms with E-state index < -0.39 is 11.9 Å². The molecule has 10 heteroatoms. The molecular weight excluding hydrogens is 634 g/mol. The number of nitrogens with zero attached hydrogens (tertiary/aromatic N) is 2. The van der Waals surface area contributed by atoms with Gasteiger partial charge in [0.05, 0.1) is 22.8 Å². The summed E-state index contributed by atoms with van der Waals surface area (Å²) in [5.41, 5.74) is 13.7. The van der Waals surface area contributed by atoms with Crippen LogP contribution in [0.2, 0.25) is 0 Å². The number of nitrogens with one attached hydrogen (secondary N) is 2. The summed E-state index contributed by atoms with van der Waals surface area (Å²) in [6.07, 6.45) is 4.20. The van der Waals surface area contributed by atoms with Crippen molar-refractivity contribution in [2.75, 3.05) is 0 Å². The van der Waals surface area contributed by atoms with E-state index in [-0.39, 0.29) is 45.0 Å². The quantitative estimate of drug-likeness (QED) is 0.181. The molecule has 0 aliphatic carbocycles. The Balaban J connectivity index is 0.00000264. The van der Waals surface area contributed by atoms with Crippen molar-refractivity contribution in [3.05, 3.63) is 82.5 Å². The molecule has 3 radical (unpaired) electrons. The van der Waals surface area contributed by atoms with Crippen LogP contribution < -0.4 is 0 Å². The molecule has 2 aliphatic rings. The molecule has 0 fully saturated rings. The number of carbonyl (C=O) groups is 2. The van der Waals surface area contributed by atoms with E-state index >= 15 is 0 Å². The first-order valence-corrected chi connectivity index (χ1v) is 13.9. The maximum Gasteiger partial charge on any atom is 0.303 e. The number of carboxylic acid groups (broad SMARTS) is 2. The maximum absolute atomic E-state index is 11.5. The average Bonchev–Trinajstić information content (AvgIpc) is 3.59. The van der Waals surface area contributed by atoms with Gasteiger partial charge in [-0.25, -0.2) is 9.97 Å². The minimum Gasteiger partial charge on any atom is -0.481 e. The molecule has 0 spiro atoms. The van der Waals surface area contributed by atoms with Gasteiger partial charge in [0.15, 0.2) is 0 Å². The molecule has 44 heavy (non-hydrogen) atoms. The van der Waals surface area contributed by atoms with E-state index in [0.717, 1.165) is 78.0 Å². The second-order valence-electron chi connectivity index (χ2n) is 10.7. The normalized spacial score (nSPS) is 12.5. The van der Waals surface area contributed by atoms with E-state index in [1.807, 2.05) is 58.0 Å². The van der Waals surface area contributed by atoms with Gasteiger partial charge in [0.25, 0.3) is 0 Å². The third-order valence-corrected chi connectivity index (χ3v) is 8.22. The molecular formula is C34H35ClGaN4O4. The summed E-state index contributed by atoms with van der Waals surface area (Å²) in [6.45, 7) is 16.1. The number of H-pyrrole nitrogens is 2. The Morgan fingerprint density at radius 3 is 1.48 bits per heavy atom. The summed E-state index contributed by atoms with van der Waals surface area (Å²) in [6, 6.07) is 7.88. The van der Waals surface area contributed by atoms with Gasteiger partial charge >= 0.3 is 11.9 Å². The van der Waals surface area contributed by atoms with Crippen LogP contribution in [-0.4, -0.2) is 61.9 Å². The third-order valence-electron chi connectivity index (χ3n) is 8.22. The van der Waals surface area contributed by atoms with Crippen molar-refractivity contribution in [1.29, 1.82) is 0 Å². The Kier molecular flexibility index (Phi) is 10.7.